The second-order valence-electron chi connectivity index (χ2n) is 7.22. The smallest absolute Gasteiger partial charge is 0.231 e. The molecule has 2 aliphatic heterocycles. The van der Waals surface area contributed by atoms with Crippen LogP contribution >= 0.6 is 0 Å². The number of carbonyl (C=O) groups is 1. The predicted molar refractivity (Wildman–Crippen MR) is 111 cm³/mol. The van der Waals surface area contributed by atoms with Gasteiger partial charge in [-0.25, -0.2) is 0 Å². The average molecular weight is 400 g/mol. The molecule has 0 fully saturated rings. The number of fused-ring (bicyclic) bond motifs is 3. The quantitative estimate of drug-likeness (QED) is 0.616. The van der Waals surface area contributed by atoms with Crippen LogP contribution in [0.4, 0.5) is 0 Å². The van der Waals surface area contributed by atoms with Crippen molar-refractivity contribution in [2.24, 2.45) is 0 Å². The first kappa shape index (κ1) is 18.4. The molecular weight excluding hydrogens is 380 g/mol. The number of rotatable bonds is 4. The van der Waals surface area contributed by atoms with E-state index in [1.807, 2.05) is 42.5 Å². The Morgan fingerprint density at radius 1 is 1.17 bits per heavy atom. The van der Waals surface area contributed by atoms with Gasteiger partial charge in [0, 0.05) is 31.0 Å². The van der Waals surface area contributed by atoms with Crippen LogP contribution in [0.2, 0.25) is 0 Å². The van der Waals surface area contributed by atoms with Crippen LogP contribution in [-0.4, -0.2) is 29.5 Å². The first-order valence-electron chi connectivity index (χ1n) is 9.70. The highest BCUT2D eigenvalue weighted by Gasteiger charge is 2.33. The summed E-state index contributed by atoms with van der Waals surface area (Å²) < 4.78 is 17.4. The Labute approximate surface area is 174 Å². The number of nitrogens with zero attached hydrogens (tertiary/aromatic N) is 2. The van der Waals surface area contributed by atoms with Crippen LogP contribution in [0.15, 0.2) is 66.7 Å². The number of methoxy groups -OCH3 is 1. The van der Waals surface area contributed by atoms with Crippen LogP contribution in [0.25, 0.3) is 6.08 Å². The van der Waals surface area contributed by atoms with E-state index in [0.29, 0.717) is 36.9 Å². The fourth-order valence-electron chi connectivity index (χ4n) is 3.79. The zero-order valence-electron chi connectivity index (χ0n) is 16.5. The van der Waals surface area contributed by atoms with Gasteiger partial charge in [0.15, 0.2) is 5.76 Å². The van der Waals surface area contributed by atoms with Crippen molar-refractivity contribution in [1.82, 2.24) is 9.88 Å². The lowest BCUT2D eigenvalue weighted by Gasteiger charge is -2.30. The number of ether oxygens (including phenoxy) is 3. The van der Waals surface area contributed by atoms with E-state index in [-0.39, 0.29) is 5.78 Å². The van der Waals surface area contributed by atoms with Crippen LogP contribution < -0.4 is 14.2 Å². The molecular formula is C24H20N2O4. The summed E-state index contributed by atoms with van der Waals surface area (Å²) in [5, 5.41) is 0. The maximum absolute atomic E-state index is 12.9. The highest BCUT2D eigenvalue weighted by atomic mass is 16.5. The summed E-state index contributed by atoms with van der Waals surface area (Å²) in [6.45, 7) is 1.74. The molecule has 0 spiro atoms. The molecule has 0 saturated heterocycles. The maximum atomic E-state index is 12.9. The van der Waals surface area contributed by atoms with Crippen LogP contribution in [0, 0.1) is 0 Å². The second-order valence-corrected chi connectivity index (χ2v) is 7.22. The van der Waals surface area contributed by atoms with E-state index in [9.17, 15) is 4.79 Å². The zero-order valence-corrected chi connectivity index (χ0v) is 16.5. The Kier molecular flexibility index (Phi) is 4.69. The molecule has 0 amide bonds. The van der Waals surface area contributed by atoms with Crippen molar-refractivity contribution in [1.29, 1.82) is 0 Å². The minimum absolute atomic E-state index is 0.126. The number of benzene rings is 2. The summed E-state index contributed by atoms with van der Waals surface area (Å²) in [5.41, 5.74) is 3.34. The molecule has 0 bridgehead atoms. The van der Waals surface area contributed by atoms with Gasteiger partial charge in [-0.05, 0) is 35.9 Å². The van der Waals surface area contributed by atoms with Gasteiger partial charge in [-0.2, -0.15) is 0 Å². The topological polar surface area (TPSA) is 60.9 Å². The highest BCUT2D eigenvalue weighted by molar-refractivity contribution is 6.15. The first-order valence-corrected chi connectivity index (χ1v) is 9.70. The molecule has 0 unspecified atom stereocenters. The number of hydrogen-bond donors (Lipinski definition) is 0. The van der Waals surface area contributed by atoms with Gasteiger partial charge in [0.05, 0.1) is 18.2 Å². The second kappa shape index (κ2) is 7.65. The summed E-state index contributed by atoms with van der Waals surface area (Å²) in [6.07, 6.45) is 5.11. The Morgan fingerprint density at radius 3 is 2.90 bits per heavy atom. The molecule has 30 heavy (non-hydrogen) atoms. The maximum Gasteiger partial charge on any atom is 0.231 e. The predicted octanol–water partition coefficient (Wildman–Crippen LogP) is 4.06. The number of carbonyl (C=O) groups excluding carboxylic acids is 1. The van der Waals surface area contributed by atoms with Crippen molar-refractivity contribution in [3.8, 4) is 17.2 Å². The Bertz CT molecular complexity index is 1140. The largest absolute Gasteiger partial charge is 0.496 e. The summed E-state index contributed by atoms with van der Waals surface area (Å²) >= 11 is 0. The van der Waals surface area contributed by atoms with Gasteiger partial charge in [0.1, 0.15) is 24.0 Å². The molecule has 0 aliphatic carbocycles. The summed E-state index contributed by atoms with van der Waals surface area (Å²) in [7, 11) is 1.67. The van der Waals surface area contributed by atoms with Crippen molar-refractivity contribution in [3.63, 3.8) is 0 Å². The molecule has 2 aromatic carbocycles. The fraction of sp³-hybridized carbons (Fsp3) is 0.167. The standard InChI is InChI=1S/C24H20N2O4/c1-28-20-7-3-2-6-17(20)13-26-14-19-21(29-15-26)9-8-18-23(27)22(30-24(18)19)11-16-5-4-10-25-12-16/h2-12H,13-15H2,1H3/b22-11-. The molecule has 0 N–H and O–H groups in total. The zero-order chi connectivity index (χ0) is 20.5. The third-order valence-electron chi connectivity index (χ3n) is 5.25. The number of para-hydroxylation sites is 1. The summed E-state index contributed by atoms with van der Waals surface area (Å²) in [4.78, 5) is 19.1. The normalized spacial score (nSPS) is 16.6. The molecule has 5 rings (SSSR count). The number of Topliss-reactive ketones (excluding diaryl/α,β-unsaturated/α-hetero) is 1. The van der Waals surface area contributed by atoms with Crippen molar-refractivity contribution >= 4 is 11.9 Å². The molecule has 0 atom stereocenters. The Morgan fingerprint density at radius 2 is 2.07 bits per heavy atom. The fourth-order valence-corrected chi connectivity index (χ4v) is 3.79. The van der Waals surface area contributed by atoms with Crippen LogP contribution in [-0.2, 0) is 13.1 Å². The Balaban J connectivity index is 1.43. The lowest BCUT2D eigenvalue weighted by Crippen LogP contribution is -2.31. The SMILES string of the molecule is COc1ccccc1CN1COc2ccc3c(c2C1)O/C(=C\c1cccnc1)C3=O. The van der Waals surface area contributed by atoms with Crippen LogP contribution in [0.3, 0.4) is 0 Å². The first-order chi connectivity index (χ1) is 14.7. The Hall–Kier alpha value is -3.64. The summed E-state index contributed by atoms with van der Waals surface area (Å²) in [6, 6.07) is 15.3. The van der Waals surface area contributed by atoms with Crippen LogP contribution in [0.1, 0.15) is 27.0 Å². The minimum atomic E-state index is -0.126. The van der Waals surface area contributed by atoms with Gasteiger partial charge in [-0.1, -0.05) is 24.3 Å². The van der Waals surface area contributed by atoms with Gasteiger partial charge < -0.3 is 14.2 Å². The van der Waals surface area contributed by atoms with Gasteiger partial charge in [-0.15, -0.1) is 0 Å². The number of aromatic nitrogens is 1. The third-order valence-corrected chi connectivity index (χ3v) is 5.25. The highest BCUT2D eigenvalue weighted by Crippen LogP contribution is 2.42. The number of hydrogen-bond acceptors (Lipinski definition) is 6. The molecule has 0 radical (unpaired) electrons. The van der Waals surface area contributed by atoms with Crippen molar-refractivity contribution in [2.45, 2.75) is 13.1 Å². The van der Waals surface area contributed by atoms with E-state index in [0.717, 1.165) is 28.2 Å². The van der Waals surface area contributed by atoms with Crippen molar-refractivity contribution in [3.05, 3.63) is 88.9 Å². The van der Waals surface area contributed by atoms with Gasteiger partial charge >= 0.3 is 0 Å². The molecule has 3 heterocycles. The van der Waals surface area contributed by atoms with E-state index in [2.05, 4.69) is 9.88 Å². The molecule has 2 aliphatic rings. The van der Waals surface area contributed by atoms with Crippen molar-refractivity contribution in [2.75, 3.05) is 13.8 Å². The average Bonchev–Trinajstić information content (AvgIpc) is 3.10. The molecule has 6 heteroatoms. The van der Waals surface area contributed by atoms with E-state index >= 15 is 0 Å². The molecule has 6 nitrogen and oxygen atoms in total. The van der Waals surface area contributed by atoms with E-state index in [1.54, 1.807) is 31.6 Å². The van der Waals surface area contributed by atoms with Gasteiger partial charge in [0.2, 0.25) is 5.78 Å². The molecule has 1 aromatic heterocycles. The third kappa shape index (κ3) is 3.31. The van der Waals surface area contributed by atoms with E-state index in [1.165, 1.54) is 0 Å². The minimum Gasteiger partial charge on any atom is -0.496 e. The molecule has 3 aromatic rings. The number of pyridine rings is 1. The number of allylic oxidation sites excluding steroid dienone is 1. The lowest BCUT2D eigenvalue weighted by atomic mass is 10.0. The van der Waals surface area contributed by atoms with E-state index < -0.39 is 0 Å². The van der Waals surface area contributed by atoms with E-state index in [4.69, 9.17) is 14.2 Å². The molecule has 150 valence electrons. The molecule has 0 saturated carbocycles. The van der Waals surface area contributed by atoms with Crippen LogP contribution in [0.5, 0.6) is 17.2 Å². The van der Waals surface area contributed by atoms with Gasteiger partial charge in [-0.3, -0.25) is 14.7 Å². The monoisotopic (exact) mass is 400 g/mol. The summed E-state index contributed by atoms with van der Waals surface area (Å²) in [5.74, 6) is 2.35. The van der Waals surface area contributed by atoms with Gasteiger partial charge in [0.25, 0.3) is 0 Å². The van der Waals surface area contributed by atoms with Crippen molar-refractivity contribution < 1.29 is 19.0 Å². The lowest BCUT2D eigenvalue weighted by molar-refractivity contribution is 0.0865. The number of ketones is 1.